The van der Waals surface area contributed by atoms with Crippen LogP contribution in [-0.4, -0.2) is 56.7 Å². The molecule has 0 saturated carbocycles. The van der Waals surface area contributed by atoms with Crippen LogP contribution in [0.4, 0.5) is 10.5 Å². The van der Waals surface area contributed by atoms with Gasteiger partial charge in [0.1, 0.15) is 12.4 Å². The van der Waals surface area contributed by atoms with E-state index in [1.165, 1.54) is 18.1 Å². The fraction of sp³-hybridized carbons (Fsp3) is 0.455. The summed E-state index contributed by atoms with van der Waals surface area (Å²) in [6, 6.07) is 10.9. The van der Waals surface area contributed by atoms with E-state index in [0.717, 1.165) is 16.7 Å². The smallest absolute Gasteiger partial charge is 0.411 e. The fourth-order valence-electron chi connectivity index (χ4n) is 6.06. The van der Waals surface area contributed by atoms with Gasteiger partial charge >= 0.3 is 6.09 Å². The summed E-state index contributed by atoms with van der Waals surface area (Å²) in [4.78, 5) is 28.4. The summed E-state index contributed by atoms with van der Waals surface area (Å²) in [6.07, 6.45) is 3.02. The summed E-state index contributed by atoms with van der Waals surface area (Å²) < 4.78 is 17.9. The van der Waals surface area contributed by atoms with Gasteiger partial charge in [-0.15, -0.1) is 0 Å². The molecule has 228 valence electrons. The molecule has 2 N–H and O–H groups in total. The van der Waals surface area contributed by atoms with Gasteiger partial charge in [0, 0.05) is 12.3 Å². The molecule has 42 heavy (non-hydrogen) atoms. The Bertz CT molecular complexity index is 1280. The number of methoxy groups -OCH3 is 1. The summed E-state index contributed by atoms with van der Waals surface area (Å²) in [5.41, 5.74) is 4.36. The van der Waals surface area contributed by atoms with Gasteiger partial charge in [0.05, 0.1) is 31.0 Å². The number of nitrogens with zero attached hydrogens (tertiary/aromatic N) is 1. The van der Waals surface area contributed by atoms with Crippen LogP contribution in [-0.2, 0) is 4.74 Å². The van der Waals surface area contributed by atoms with Gasteiger partial charge in [0.25, 0.3) is 14.2 Å². The number of ether oxygens (including phenoxy) is 2. The van der Waals surface area contributed by atoms with E-state index in [4.69, 9.17) is 13.9 Å². The molecule has 2 amide bonds. The monoisotopic (exact) mass is 594 g/mol. The molecule has 9 heteroatoms. The molecule has 0 bridgehead atoms. The maximum Gasteiger partial charge on any atom is 0.411 e. The zero-order valence-electron chi connectivity index (χ0n) is 26.2. The van der Waals surface area contributed by atoms with Crippen LogP contribution in [0, 0.1) is 6.92 Å². The lowest BCUT2D eigenvalue weighted by molar-refractivity contribution is 0.0733. The van der Waals surface area contributed by atoms with E-state index < -0.39 is 20.5 Å². The highest BCUT2D eigenvalue weighted by Gasteiger charge is 2.47. The van der Waals surface area contributed by atoms with Crippen molar-refractivity contribution >= 4 is 31.6 Å². The lowest BCUT2D eigenvalue weighted by Gasteiger charge is -2.42. The zero-order valence-corrected chi connectivity index (χ0v) is 27.2. The number of aryl methyl sites for hydroxylation is 1. The maximum absolute atomic E-state index is 14.1. The van der Waals surface area contributed by atoms with E-state index in [2.05, 4.69) is 53.4 Å². The first-order valence-corrected chi connectivity index (χ1v) is 16.7. The number of nitrogens with one attached hydrogen (secondary N) is 1. The molecule has 0 aliphatic carbocycles. The minimum Gasteiger partial charge on any atom is -0.540 e. The highest BCUT2D eigenvalue weighted by atomic mass is 28.4. The summed E-state index contributed by atoms with van der Waals surface area (Å²) in [7, 11) is -0.878. The van der Waals surface area contributed by atoms with Gasteiger partial charge in [-0.1, -0.05) is 84.0 Å². The van der Waals surface area contributed by atoms with Crippen LogP contribution in [0.1, 0.15) is 69.4 Å². The van der Waals surface area contributed by atoms with Crippen LogP contribution in [0.25, 0.3) is 5.57 Å². The Morgan fingerprint density at radius 2 is 1.69 bits per heavy atom. The average molecular weight is 595 g/mol. The van der Waals surface area contributed by atoms with Crippen molar-refractivity contribution in [2.75, 3.05) is 25.6 Å². The van der Waals surface area contributed by atoms with E-state index >= 15 is 0 Å². The third kappa shape index (κ3) is 6.90. The first-order valence-electron chi connectivity index (χ1n) is 14.6. The second kappa shape index (κ2) is 14.1. The maximum atomic E-state index is 14.1. The molecule has 0 radical (unpaired) electrons. The topological polar surface area (TPSA) is 97.3 Å². The van der Waals surface area contributed by atoms with Crippen molar-refractivity contribution in [3.05, 3.63) is 71.9 Å². The lowest BCUT2D eigenvalue weighted by Crippen LogP contribution is -2.50. The van der Waals surface area contributed by atoms with Gasteiger partial charge in [-0.2, -0.15) is 0 Å². The van der Waals surface area contributed by atoms with Crippen LogP contribution in [0.2, 0.25) is 16.6 Å². The fourth-order valence-corrected chi connectivity index (χ4v) is 11.3. The van der Waals surface area contributed by atoms with E-state index in [9.17, 15) is 14.7 Å². The van der Waals surface area contributed by atoms with Gasteiger partial charge in [-0.3, -0.25) is 10.1 Å². The molecule has 1 heterocycles. The van der Waals surface area contributed by atoms with Crippen molar-refractivity contribution in [3.63, 3.8) is 0 Å². The Morgan fingerprint density at radius 3 is 2.21 bits per heavy atom. The number of carbonyl (C=O) groups is 2. The number of aliphatic hydroxyl groups is 1. The number of anilines is 1. The summed E-state index contributed by atoms with van der Waals surface area (Å²) >= 11 is 0. The van der Waals surface area contributed by atoms with Crippen molar-refractivity contribution in [1.29, 1.82) is 0 Å². The van der Waals surface area contributed by atoms with Crippen LogP contribution in [0.15, 0.2) is 55.3 Å². The highest BCUT2D eigenvalue weighted by molar-refractivity contribution is 6.78. The number of rotatable bonds is 12. The Labute approximate surface area is 251 Å². The number of amides is 2. The molecule has 2 aromatic rings. The third-order valence-electron chi connectivity index (χ3n) is 8.11. The predicted octanol–water partition coefficient (Wildman–Crippen LogP) is 7.54. The second-order valence-electron chi connectivity index (χ2n) is 11.8. The van der Waals surface area contributed by atoms with Gasteiger partial charge in [0.15, 0.2) is 5.75 Å². The van der Waals surface area contributed by atoms with Gasteiger partial charge in [-0.25, -0.2) is 4.79 Å². The number of hydrogen-bond donors (Lipinski definition) is 2. The number of aliphatic hydroxyl groups excluding tert-OH is 1. The standard InChI is InChI=1S/C33H46N2O6Si/c1-10-15-40-33(38)34-29-18-31(41-42(21(2)3,22(4)5)23(6)7)30(39-9)17-28(29)32(37)35-19-26(16-27(35)20-36)25-13-11-24(8)12-14-25/h10-14,17-19,21-23,27,36H,1,15-16,20H2,2-9H3,(H,34,38)/t27-/m0/s1. The molecule has 1 atom stereocenters. The minimum atomic E-state index is -2.41. The Balaban J connectivity index is 2.13. The molecule has 0 saturated heterocycles. The van der Waals surface area contributed by atoms with Gasteiger partial charge in [0.2, 0.25) is 0 Å². The molecule has 1 aliphatic rings. The van der Waals surface area contributed by atoms with Crippen molar-refractivity contribution in [3.8, 4) is 11.5 Å². The number of benzene rings is 2. The first kappa shape index (κ1) is 32.9. The average Bonchev–Trinajstić information content (AvgIpc) is 3.38. The van der Waals surface area contributed by atoms with Crippen LogP contribution in [0.3, 0.4) is 0 Å². The molecule has 0 fully saturated rings. The predicted molar refractivity (Wildman–Crippen MR) is 171 cm³/mol. The van der Waals surface area contributed by atoms with Crippen LogP contribution < -0.4 is 14.5 Å². The summed E-state index contributed by atoms with van der Waals surface area (Å²) in [6.45, 7) is 18.5. The molecule has 8 nitrogen and oxygen atoms in total. The summed E-state index contributed by atoms with van der Waals surface area (Å²) in [5, 5.41) is 13.0. The van der Waals surface area contributed by atoms with E-state index in [-0.39, 0.29) is 47.0 Å². The Kier molecular flexibility index (Phi) is 11.0. The Hall–Kier alpha value is -3.56. The SMILES string of the molecule is C=CCOC(=O)Nc1cc(O[Si](C(C)C)(C(C)C)C(C)C)c(OC)cc1C(=O)N1C=C(c2ccc(C)cc2)C[C@H]1CO. The number of hydrogen-bond acceptors (Lipinski definition) is 6. The van der Waals surface area contributed by atoms with Crippen molar-refractivity contribution in [2.24, 2.45) is 0 Å². The lowest BCUT2D eigenvalue weighted by atomic mass is 10.0. The molecular weight excluding hydrogens is 548 g/mol. The van der Waals surface area contributed by atoms with Gasteiger partial charge < -0.3 is 23.9 Å². The van der Waals surface area contributed by atoms with E-state index in [1.807, 2.05) is 31.2 Å². The summed E-state index contributed by atoms with van der Waals surface area (Å²) in [5.74, 6) is 0.469. The van der Waals surface area contributed by atoms with Crippen molar-refractivity contribution in [2.45, 2.75) is 77.6 Å². The van der Waals surface area contributed by atoms with Crippen LogP contribution >= 0.6 is 0 Å². The highest BCUT2D eigenvalue weighted by Crippen LogP contribution is 2.46. The zero-order chi connectivity index (χ0) is 31.2. The second-order valence-corrected chi connectivity index (χ2v) is 17.1. The first-order chi connectivity index (χ1) is 19.9. The van der Waals surface area contributed by atoms with Crippen molar-refractivity contribution < 1.29 is 28.6 Å². The molecule has 0 aromatic heterocycles. The van der Waals surface area contributed by atoms with Crippen LogP contribution in [0.5, 0.6) is 11.5 Å². The quantitative estimate of drug-likeness (QED) is 0.195. The largest absolute Gasteiger partial charge is 0.540 e. The minimum absolute atomic E-state index is 0.0139. The third-order valence-corrected chi connectivity index (χ3v) is 14.1. The molecular formula is C33H46N2O6Si. The normalized spacial score (nSPS) is 15.2. The van der Waals surface area contributed by atoms with Gasteiger partial charge in [-0.05, 0) is 47.2 Å². The van der Waals surface area contributed by atoms with Crippen molar-refractivity contribution in [1.82, 2.24) is 4.90 Å². The van der Waals surface area contributed by atoms with E-state index in [0.29, 0.717) is 17.9 Å². The number of carbonyl (C=O) groups excluding carboxylic acids is 2. The molecule has 0 spiro atoms. The molecule has 0 unspecified atom stereocenters. The van der Waals surface area contributed by atoms with E-state index in [1.54, 1.807) is 18.3 Å². The molecule has 2 aromatic carbocycles. The molecule has 1 aliphatic heterocycles. The Morgan fingerprint density at radius 1 is 1.07 bits per heavy atom. The molecule has 3 rings (SSSR count).